The lowest BCUT2D eigenvalue weighted by Crippen LogP contribution is -2.30. The predicted molar refractivity (Wildman–Crippen MR) is 83.2 cm³/mol. The molecule has 0 bridgehead atoms. The minimum absolute atomic E-state index is 0.875. The number of hydrogen-bond donors (Lipinski definition) is 1. The van der Waals surface area contributed by atoms with Gasteiger partial charge in [-0.3, -0.25) is 0 Å². The van der Waals surface area contributed by atoms with Crippen molar-refractivity contribution in [3.05, 3.63) is 28.8 Å². The van der Waals surface area contributed by atoms with E-state index in [2.05, 4.69) is 35.2 Å². The molecule has 0 spiro atoms. The van der Waals surface area contributed by atoms with Crippen LogP contribution in [0.2, 0.25) is 5.02 Å². The number of nitrogens with zero attached hydrogens (tertiary/aromatic N) is 2. The number of nitrogens with one attached hydrogen (secondary N) is 1. The molecule has 3 nitrogen and oxygen atoms in total. The molecule has 1 heterocycles. The molecule has 1 fully saturated rings. The molecule has 0 aliphatic carbocycles. The molecule has 1 aliphatic rings. The summed E-state index contributed by atoms with van der Waals surface area (Å²) in [7, 11) is 2.19. The maximum Gasteiger partial charge on any atom is 0.0642 e. The Hall–Kier alpha value is -0.770. The molecular weight excluding hydrogens is 258 g/mol. The highest BCUT2D eigenvalue weighted by molar-refractivity contribution is 6.33. The van der Waals surface area contributed by atoms with Crippen molar-refractivity contribution in [3.8, 4) is 0 Å². The van der Waals surface area contributed by atoms with Gasteiger partial charge in [0.05, 0.1) is 10.7 Å². The van der Waals surface area contributed by atoms with E-state index in [9.17, 15) is 0 Å². The molecule has 2 rings (SSSR count). The quantitative estimate of drug-likeness (QED) is 0.915. The summed E-state index contributed by atoms with van der Waals surface area (Å²) in [5, 5.41) is 4.27. The van der Waals surface area contributed by atoms with Crippen molar-refractivity contribution in [1.82, 2.24) is 10.2 Å². The maximum atomic E-state index is 6.45. The minimum atomic E-state index is 0.875. The van der Waals surface area contributed by atoms with Crippen molar-refractivity contribution < 1.29 is 0 Å². The first-order chi connectivity index (χ1) is 9.22. The average Bonchev–Trinajstić information content (AvgIpc) is 2.61. The van der Waals surface area contributed by atoms with Gasteiger partial charge in [-0.15, -0.1) is 0 Å². The molecule has 0 atom stereocenters. The van der Waals surface area contributed by atoms with Gasteiger partial charge in [-0.2, -0.15) is 0 Å². The normalized spacial score (nSPS) is 17.5. The van der Waals surface area contributed by atoms with Gasteiger partial charge in [0.2, 0.25) is 0 Å². The Morgan fingerprint density at radius 1 is 1.21 bits per heavy atom. The molecule has 0 saturated carbocycles. The van der Waals surface area contributed by atoms with Crippen LogP contribution in [0.1, 0.15) is 18.9 Å². The Labute approximate surface area is 121 Å². The summed E-state index contributed by atoms with van der Waals surface area (Å²) >= 11 is 6.45. The van der Waals surface area contributed by atoms with E-state index in [1.54, 1.807) is 0 Å². The van der Waals surface area contributed by atoms with Crippen molar-refractivity contribution in [3.63, 3.8) is 0 Å². The highest BCUT2D eigenvalue weighted by atomic mass is 35.5. The first kappa shape index (κ1) is 14.6. The van der Waals surface area contributed by atoms with E-state index in [-0.39, 0.29) is 0 Å². The molecule has 0 radical (unpaired) electrons. The smallest absolute Gasteiger partial charge is 0.0642 e. The van der Waals surface area contributed by atoms with Crippen molar-refractivity contribution in [2.75, 3.05) is 44.7 Å². The van der Waals surface area contributed by atoms with Crippen LogP contribution in [-0.4, -0.2) is 44.7 Å². The third kappa shape index (κ3) is 3.85. The minimum Gasteiger partial charge on any atom is -0.369 e. The van der Waals surface area contributed by atoms with E-state index >= 15 is 0 Å². The summed E-state index contributed by atoms with van der Waals surface area (Å²) in [5.74, 6) is 0. The van der Waals surface area contributed by atoms with Crippen molar-refractivity contribution in [2.45, 2.75) is 19.9 Å². The van der Waals surface area contributed by atoms with Gasteiger partial charge in [0.25, 0.3) is 0 Å². The third-order valence-corrected chi connectivity index (χ3v) is 3.98. The van der Waals surface area contributed by atoms with Crippen LogP contribution in [0.3, 0.4) is 0 Å². The molecule has 19 heavy (non-hydrogen) atoms. The van der Waals surface area contributed by atoms with Crippen LogP contribution in [0.25, 0.3) is 0 Å². The fraction of sp³-hybridized carbons (Fsp3) is 0.600. The van der Waals surface area contributed by atoms with Gasteiger partial charge in [-0.25, -0.2) is 0 Å². The van der Waals surface area contributed by atoms with Crippen molar-refractivity contribution in [1.29, 1.82) is 0 Å². The fourth-order valence-corrected chi connectivity index (χ4v) is 2.90. The van der Waals surface area contributed by atoms with Gasteiger partial charge < -0.3 is 15.1 Å². The Morgan fingerprint density at radius 3 is 2.84 bits per heavy atom. The summed E-state index contributed by atoms with van der Waals surface area (Å²) < 4.78 is 0. The topological polar surface area (TPSA) is 18.5 Å². The second-order valence-electron chi connectivity index (χ2n) is 5.17. The molecule has 0 aromatic heterocycles. The van der Waals surface area contributed by atoms with Crippen molar-refractivity contribution >= 4 is 17.3 Å². The van der Waals surface area contributed by atoms with E-state index in [0.717, 1.165) is 37.7 Å². The van der Waals surface area contributed by atoms with Gasteiger partial charge in [0.1, 0.15) is 0 Å². The lowest BCUT2D eigenvalue weighted by Gasteiger charge is -2.26. The predicted octanol–water partition coefficient (Wildman–Crippen LogP) is 2.59. The Bertz CT molecular complexity index is 408. The second kappa shape index (κ2) is 7.13. The molecule has 1 saturated heterocycles. The summed E-state index contributed by atoms with van der Waals surface area (Å²) in [6.45, 7) is 8.42. The highest BCUT2D eigenvalue weighted by Gasteiger charge is 2.17. The van der Waals surface area contributed by atoms with Gasteiger partial charge >= 0.3 is 0 Å². The zero-order valence-corrected chi connectivity index (χ0v) is 12.7. The monoisotopic (exact) mass is 281 g/mol. The second-order valence-corrected chi connectivity index (χ2v) is 5.58. The van der Waals surface area contributed by atoms with Crippen LogP contribution in [0.15, 0.2) is 18.2 Å². The van der Waals surface area contributed by atoms with Gasteiger partial charge in [0, 0.05) is 26.2 Å². The maximum absolute atomic E-state index is 6.45. The van der Waals surface area contributed by atoms with E-state index < -0.39 is 0 Å². The van der Waals surface area contributed by atoms with Gasteiger partial charge in [0.15, 0.2) is 0 Å². The van der Waals surface area contributed by atoms with E-state index in [0.29, 0.717) is 0 Å². The lowest BCUT2D eigenvalue weighted by molar-refractivity contribution is 0.360. The molecule has 1 aromatic rings. The number of likely N-dealkylation sites (N-methyl/N-ethyl adjacent to an activating group) is 1. The van der Waals surface area contributed by atoms with Crippen LogP contribution in [0.5, 0.6) is 0 Å². The van der Waals surface area contributed by atoms with E-state index in [1.165, 1.54) is 24.2 Å². The first-order valence-electron chi connectivity index (χ1n) is 7.14. The largest absolute Gasteiger partial charge is 0.369 e. The fourth-order valence-electron chi connectivity index (χ4n) is 2.59. The van der Waals surface area contributed by atoms with E-state index in [1.807, 2.05) is 12.1 Å². The number of hydrogen-bond acceptors (Lipinski definition) is 3. The van der Waals surface area contributed by atoms with Crippen LogP contribution in [0, 0.1) is 0 Å². The standard InChI is InChI=1S/C15H24ClN3/c1-3-17-12-13-6-4-7-14(16)15(13)19-9-5-8-18(2)10-11-19/h4,6-7,17H,3,5,8-12H2,1-2H3. The third-order valence-electron chi connectivity index (χ3n) is 3.67. The Morgan fingerprint density at radius 2 is 2.05 bits per heavy atom. The number of rotatable bonds is 4. The number of para-hydroxylation sites is 1. The summed E-state index contributed by atoms with van der Waals surface area (Å²) in [4.78, 5) is 4.83. The summed E-state index contributed by atoms with van der Waals surface area (Å²) in [6, 6.07) is 6.22. The lowest BCUT2D eigenvalue weighted by atomic mass is 10.1. The van der Waals surface area contributed by atoms with Crippen molar-refractivity contribution in [2.24, 2.45) is 0 Å². The Balaban J connectivity index is 2.21. The number of benzene rings is 1. The molecule has 1 aromatic carbocycles. The zero-order chi connectivity index (χ0) is 13.7. The van der Waals surface area contributed by atoms with Crippen LogP contribution >= 0.6 is 11.6 Å². The number of halogens is 1. The molecule has 106 valence electrons. The molecular formula is C15H24ClN3. The SMILES string of the molecule is CCNCc1cccc(Cl)c1N1CCCN(C)CC1. The molecule has 1 N–H and O–H groups in total. The molecule has 0 unspecified atom stereocenters. The van der Waals surface area contributed by atoms with Crippen LogP contribution in [-0.2, 0) is 6.54 Å². The summed E-state index contributed by atoms with van der Waals surface area (Å²) in [6.07, 6.45) is 1.20. The highest BCUT2D eigenvalue weighted by Crippen LogP contribution is 2.30. The van der Waals surface area contributed by atoms with Gasteiger partial charge in [-0.1, -0.05) is 30.7 Å². The average molecular weight is 282 g/mol. The molecule has 0 amide bonds. The zero-order valence-electron chi connectivity index (χ0n) is 12.0. The van der Waals surface area contributed by atoms with Crippen LogP contribution < -0.4 is 10.2 Å². The van der Waals surface area contributed by atoms with E-state index in [4.69, 9.17) is 11.6 Å². The summed E-state index contributed by atoms with van der Waals surface area (Å²) in [5.41, 5.74) is 2.53. The first-order valence-corrected chi connectivity index (χ1v) is 7.51. The Kier molecular flexibility index (Phi) is 5.49. The molecule has 1 aliphatic heterocycles. The molecule has 4 heteroatoms. The van der Waals surface area contributed by atoms with Gasteiger partial charge in [-0.05, 0) is 38.2 Å². The number of anilines is 1. The van der Waals surface area contributed by atoms with Crippen LogP contribution in [0.4, 0.5) is 5.69 Å².